The summed E-state index contributed by atoms with van der Waals surface area (Å²) in [5.74, 6) is -1.42. The van der Waals surface area contributed by atoms with Gasteiger partial charge in [-0.25, -0.2) is 9.59 Å². The molecule has 0 spiro atoms. The molecular weight excluding hydrogens is 447 g/mol. The van der Waals surface area contributed by atoms with Crippen LogP contribution in [0.5, 0.6) is 0 Å². The van der Waals surface area contributed by atoms with Crippen LogP contribution in [-0.2, 0) is 21.8 Å². The third-order valence-electron chi connectivity index (χ3n) is 4.91. The predicted molar refractivity (Wildman–Crippen MR) is 109 cm³/mol. The molecule has 0 radical (unpaired) electrons. The Morgan fingerprint density at radius 3 is 2.50 bits per heavy atom. The van der Waals surface area contributed by atoms with Crippen molar-refractivity contribution in [2.45, 2.75) is 24.0 Å². The van der Waals surface area contributed by atoms with Crippen LogP contribution in [0.1, 0.15) is 29.7 Å². The van der Waals surface area contributed by atoms with E-state index in [4.69, 9.17) is 5.26 Å². The molecule has 1 aliphatic heterocycles. The zero-order chi connectivity index (χ0) is 23.8. The molecule has 1 unspecified atom stereocenters. The fourth-order valence-electron chi connectivity index (χ4n) is 3.48. The first-order chi connectivity index (χ1) is 15.0. The number of alkyl halides is 3. The lowest BCUT2D eigenvalue weighted by Gasteiger charge is -2.35. The van der Waals surface area contributed by atoms with Gasteiger partial charge in [-0.05, 0) is 42.8 Å². The number of aliphatic carboxylic acids is 1. The summed E-state index contributed by atoms with van der Waals surface area (Å²) in [5, 5.41) is 21.4. The second-order valence-electron chi connectivity index (χ2n) is 6.89. The molecule has 2 atom stereocenters. The normalized spacial score (nSPS) is 17.6. The van der Waals surface area contributed by atoms with Gasteiger partial charge in [0.25, 0.3) is 0 Å². The summed E-state index contributed by atoms with van der Waals surface area (Å²) < 4.78 is 51.6. The highest BCUT2D eigenvalue weighted by molar-refractivity contribution is 7.84. The predicted octanol–water partition coefficient (Wildman–Crippen LogP) is 3.94. The van der Waals surface area contributed by atoms with Crippen LogP contribution in [0.4, 0.5) is 23.7 Å². The number of anilines is 1. The molecule has 0 aliphatic carbocycles. The number of nitrogens with zero attached hydrogens (tertiary/aromatic N) is 2. The van der Waals surface area contributed by atoms with Crippen LogP contribution in [0.15, 0.2) is 58.6 Å². The Balaban J connectivity index is 2.19. The molecule has 2 aromatic carbocycles. The fourth-order valence-corrected chi connectivity index (χ4v) is 4.29. The zero-order valence-corrected chi connectivity index (χ0v) is 17.5. The number of rotatable bonds is 4. The Labute approximate surface area is 183 Å². The number of nitriles is 1. The van der Waals surface area contributed by atoms with Crippen molar-refractivity contribution in [2.24, 2.45) is 0 Å². The monoisotopic (exact) mass is 463 g/mol. The Hall–Kier alpha value is -3.65. The highest BCUT2D eigenvalue weighted by Crippen LogP contribution is 2.37. The van der Waals surface area contributed by atoms with Crippen molar-refractivity contribution in [2.75, 3.05) is 11.2 Å². The molecule has 2 aromatic rings. The third-order valence-corrected chi connectivity index (χ3v) is 5.88. The van der Waals surface area contributed by atoms with E-state index < -0.39 is 40.6 Å². The molecule has 0 saturated carbocycles. The van der Waals surface area contributed by atoms with E-state index >= 15 is 0 Å². The van der Waals surface area contributed by atoms with E-state index in [0.717, 1.165) is 23.1 Å². The molecule has 7 nitrogen and oxygen atoms in total. The summed E-state index contributed by atoms with van der Waals surface area (Å²) in [6.45, 7) is 1.31. The molecule has 0 bridgehead atoms. The summed E-state index contributed by atoms with van der Waals surface area (Å²) in [6.07, 6.45) is -3.31. The van der Waals surface area contributed by atoms with Gasteiger partial charge in [0.1, 0.15) is 0 Å². The van der Waals surface area contributed by atoms with Gasteiger partial charge in [0.15, 0.2) is 0 Å². The first kappa shape index (κ1) is 23.0. The summed E-state index contributed by atoms with van der Waals surface area (Å²) in [4.78, 5) is 26.0. The van der Waals surface area contributed by atoms with E-state index in [-0.39, 0.29) is 33.0 Å². The van der Waals surface area contributed by atoms with Crippen LogP contribution < -0.4 is 10.2 Å². The molecule has 32 heavy (non-hydrogen) atoms. The summed E-state index contributed by atoms with van der Waals surface area (Å²) in [7, 11) is -1.62. The van der Waals surface area contributed by atoms with Gasteiger partial charge < -0.3 is 10.4 Å². The molecule has 166 valence electrons. The van der Waals surface area contributed by atoms with E-state index in [2.05, 4.69) is 5.32 Å². The highest BCUT2D eigenvalue weighted by atomic mass is 32.2. The molecule has 0 fully saturated rings. The van der Waals surface area contributed by atoms with Gasteiger partial charge in [-0.2, -0.15) is 18.4 Å². The quantitative estimate of drug-likeness (QED) is 0.714. The van der Waals surface area contributed by atoms with Crippen molar-refractivity contribution in [3.05, 3.63) is 70.4 Å². The first-order valence-corrected chi connectivity index (χ1v) is 10.6. The zero-order valence-electron chi connectivity index (χ0n) is 16.7. The maximum absolute atomic E-state index is 13.1. The van der Waals surface area contributed by atoms with Crippen molar-refractivity contribution in [3.8, 4) is 6.07 Å². The summed E-state index contributed by atoms with van der Waals surface area (Å²) in [6, 6.07) is 7.91. The molecule has 1 aliphatic rings. The SMILES string of the molecule is CC1=C(C(=O)O)[C@H](c2ccc(C#N)cc2S(C)=O)NC(=O)N1c1cccc(C(F)(F)F)c1. The second kappa shape index (κ2) is 8.47. The molecule has 0 aromatic heterocycles. The van der Waals surface area contributed by atoms with Crippen molar-refractivity contribution in [1.29, 1.82) is 5.26 Å². The minimum atomic E-state index is -4.65. The van der Waals surface area contributed by atoms with Crippen LogP contribution in [0.3, 0.4) is 0 Å². The Morgan fingerprint density at radius 1 is 1.25 bits per heavy atom. The largest absolute Gasteiger partial charge is 0.478 e. The number of benzene rings is 2. The van der Waals surface area contributed by atoms with Crippen molar-refractivity contribution < 1.29 is 32.1 Å². The Kier molecular flexibility index (Phi) is 6.09. The van der Waals surface area contributed by atoms with Crippen LogP contribution in [0.25, 0.3) is 0 Å². The van der Waals surface area contributed by atoms with E-state index in [1.807, 2.05) is 6.07 Å². The van der Waals surface area contributed by atoms with E-state index in [1.165, 1.54) is 37.4 Å². The lowest BCUT2D eigenvalue weighted by atomic mass is 9.94. The fraction of sp³-hybridized carbons (Fsp3) is 0.190. The van der Waals surface area contributed by atoms with Crippen LogP contribution >= 0.6 is 0 Å². The average molecular weight is 463 g/mol. The molecule has 11 heteroatoms. The van der Waals surface area contributed by atoms with Gasteiger partial charge in [0, 0.05) is 16.8 Å². The standard InChI is InChI=1S/C21H16F3N3O4S/c1-11-17(19(28)29)18(15-7-6-12(10-25)8-16(15)32(2)31)26-20(30)27(11)14-5-3-4-13(9-14)21(22,23)24/h3-9,18H,1-2H3,(H,26,30)(H,28,29)/t18-,32?/m0/s1. The van der Waals surface area contributed by atoms with Crippen LogP contribution in [0, 0.1) is 11.3 Å². The number of halogens is 3. The maximum Gasteiger partial charge on any atom is 0.416 e. The topological polar surface area (TPSA) is 110 Å². The van der Waals surface area contributed by atoms with Gasteiger partial charge in [-0.3, -0.25) is 9.11 Å². The highest BCUT2D eigenvalue weighted by Gasteiger charge is 2.38. The van der Waals surface area contributed by atoms with Gasteiger partial charge >= 0.3 is 18.2 Å². The number of carbonyl (C=O) groups excluding carboxylic acids is 1. The lowest BCUT2D eigenvalue weighted by Crippen LogP contribution is -2.48. The van der Waals surface area contributed by atoms with E-state index in [1.54, 1.807) is 0 Å². The van der Waals surface area contributed by atoms with Crippen LogP contribution in [0.2, 0.25) is 0 Å². The number of carboxylic acids is 1. The van der Waals surface area contributed by atoms with Gasteiger partial charge in [0.2, 0.25) is 0 Å². The van der Waals surface area contributed by atoms with Gasteiger partial charge in [-0.1, -0.05) is 12.1 Å². The lowest BCUT2D eigenvalue weighted by molar-refractivity contribution is -0.137. The van der Waals surface area contributed by atoms with Crippen molar-refractivity contribution in [1.82, 2.24) is 5.32 Å². The van der Waals surface area contributed by atoms with E-state index in [0.29, 0.717) is 0 Å². The second-order valence-corrected chi connectivity index (χ2v) is 8.24. The molecule has 2 amide bonds. The first-order valence-electron chi connectivity index (χ1n) is 9.05. The molecule has 1 heterocycles. The number of nitrogens with one attached hydrogen (secondary N) is 1. The minimum absolute atomic E-state index is 0.0947. The number of hydrogen-bond donors (Lipinski definition) is 2. The third kappa shape index (κ3) is 4.22. The van der Waals surface area contributed by atoms with E-state index in [9.17, 15) is 32.1 Å². The Morgan fingerprint density at radius 2 is 1.94 bits per heavy atom. The summed E-state index contributed by atoms with van der Waals surface area (Å²) >= 11 is 0. The molecular formula is C21H16F3N3O4S. The number of allylic oxidation sites excluding steroid dienone is 1. The van der Waals surface area contributed by atoms with Crippen molar-refractivity contribution in [3.63, 3.8) is 0 Å². The average Bonchev–Trinajstić information content (AvgIpc) is 2.72. The number of hydrogen-bond acceptors (Lipinski definition) is 4. The maximum atomic E-state index is 13.1. The Bertz CT molecular complexity index is 1220. The number of amides is 2. The van der Waals surface area contributed by atoms with Crippen LogP contribution in [-0.4, -0.2) is 27.6 Å². The van der Waals surface area contributed by atoms with Gasteiger partial charge in [0.05, 0.1) is 45.3 Å². The number of carbonyl (C=O) groups is 2. The number of urea groups is 1. The smallest absolute Gasteiger partial charge is 0.416 e. The molecule has 2 N–H and O–H groups in total. The minimum Gasteiger partial charge on any atom is -0.478 e. The van der Waals surface area contributed by atoms with Gasteiger partial charge in [-0.15, -0.1) is 0 Å². The number of carboxylic acid groups (broad SMARTS) is 1. The summed E-state index contributed by atoms with van der Waals surface area (Å²) in [5.41, 5.74) is -1.15. The molecule has 0 saturated heterocycles. The molecule has 3 rings (SSSR count). The van der Waals surface area contributed by atoms with Crippen molar-refractivity contribution >= 4 is 28.5 Å².